The molecule has 0 unspecified atom stereocenters. The average Bonchev–Trinajstić information content (AvgIpc) is 3.02. The quantitative estimate of drug-likeness (QED) is 0.767. The third-order valence-corrected chi connectivity index (χ3v) is 7.37. The van der Waals surface area contributed by atoms with E-state index in [1.807, 2.05) is 30.3 Å². The number of carboxylic acid groups (broad SMARTS) is 1. The number of likely N-dealkylation sites (tertiary alicyclic amines) is 1. The van der Waals surface area contributed by atoms with Gasteiger partial charge in [0.25, 0.3) is 0 Å². The van der Waals surface area contributed by atoms with E-state index in [1.165, 1.54) is 4.90 Å². The number of hydrogen-bond acceptors (Lipinski definition) is 4. The highest BCUT2D eigenvalue weighted by atomic mass is 32.2. The van der Waals surface area contributed by atoms with E-state index in [0.29, 0.717) is 19.3 Å². The number of rotatable bonds is 7. The monoisotopic (exact) mass is 393 g/mol. The highest BCUT2D eigenvalue weighted by Crippen LogP contribution is 2.39. The van der Waals surface area contributed by atoms with Gasteiger partial charge in [-0.1, -0.05) is 43.2 Å². The summed E-state index contributed by atoms with van der Waals surface area (Å²) in [4.78, 5) is 25.7. The maximum atomic E-state index is 12.7. The van der Waals surface area contributed by atoms with Crippen molar-refractivity contribution in [1.29, 1.82) is 0 Å². The molecule has 0 bridgehead atoms. The van der Waals surface area contributed by atoms with Crippen molar-refractivity contribution in [2.75, 3.05) is 11.5 Å². The van der Waals surface area contributed by atoms with Crippen molar-refractivity contribution in [3.05, 3.63) is 35.9 Å². The summed E-state index contributed by atoms with van der Waals surface area (Å²) in [5.41, 5.74) is 1.06. The largest absolute Gasteiger partial charge is 0.480 e. The summed E-state index contributed by atoms with van der Waals surface area (Å²) < 4.78 is 24.9. The summed E-state index contributed by atoms with van der Waals surface area (Å²) in [5.74, 6) is -2.04. The Kier molecular flexibility index (Phi) is 6.19. The fraction of sp³-hybridized carbons (Fsp3) is 0.600. The van der Waals surface area contributed by atoms with E-state index in [1.54, 1.807) is 0 Å². The van der Waals surface area contributed by atoms with Crippen molar-refractivity contribution >= 4 is 21.7 Å². The van der Waals surface area contributed by atoms with Gasteiger partial charge in [-0.05, 0) is 43.6 Å². The Labute approximate surface area is 160 Å². The second kappa shape index (κ2) is 8.42. The zero-order valence-corrected chi connectivity index (χ0v) is 16.2. The number of carbonyl (C=O) groups excluding carboxylic acids is 1. The Morgan fingerprint density at radius 3 is 2.52 bits per heavy atom. The number of sulfone groups is 1. The molecule has 1 aliphatic carbocycles. The van der Waals surface area contributed by atoms with Crippen molar-refractivity contribution in [1.82, 2.24) is 4.90 Å². The minimum atomic E-state index is -3.56. The number of fused-ring (bicyclic) bond motifs is 1. The number of nitrogens with zero attached hydrogens (tertiary/aromatic N) is 1. The van der Waals surface area contributed by atoms with Crippen molar-refractivity contribution in [2.45, 2.75) is 57.0 Å². The molecular formula is C20H27NO5S. The second-order valence-electron chi connectivity index (χ2n) is 7.68. The van der Waals surface area contributed by atoms with E-state index in [-0.39, 0.29) is 17.7 Å². The molecule has 7 heteroatoms. The normalized spacial score (nSPS) is 25.2. The lowest BCUT2D eigenvalue weighted by Crippen LogP contribution is -2.48. The van der Waals surface area contributed by atoms with Crippen molar-refractivity contribution in [3.63, 3.8) is 0 Å². The molecule has 2 aliphatic rings. The fourth-order valence-corrected chi connectivity index (χ4v) is 5.77. The van der Waals surface area contributed by atoms with Gasteiger partial charge in [0.1, 0.15) is 11.8 Å². The van der Waals surface area contributed by atoms with Crippen molar-refractivity contribution in [3.8, 4) is 0 Å². The second-order valence-corrected chi connectivity index (χ2v) is 9.87. The third kappa shape index (κ3) is 4.89. The molecule has 3 atom stereocenters. The van der Waals surface area contributed by atoms with Gasteiger partial charge in [0.2, 0.25) is 5.91 Å². The summed E-state index contributed by atoms with van der Waals surface area (Å²) in [6, 6.07) is 8.62. The molecule has 0 aromatic heterocycles. The lowest BCUT2D eigenvalue weighted by Gasteiger charge is -2.33. The van der Waals surface area contributed by atoms with Crippen LogP contribution in [0.5, 0.6) is 0 Å². The topological polar surface area (TPSA) is 91.8 Å². The number of carboxylic acids is 1. The summed E-state index contributed by atoms with van der Waals surface area (Å²) >= 11 is 0. The number of aliphatic carboxylic acids is 1. The molecular weight excluding hydrogens is 366 g/mol. The highest BCUT2D eigenvalue weighted by molar-refractivity contribution is 7.92. The molecule has 3 rings (SSSR count). The predicted molar refractivity (Wildman–Crippen MR) is 102 cm³/mol. The molecule has 0 radical (unpaired) electrons. The van der Waals surface area contributed by atoms with Gasteiger partial charge in [0, 0.05) is 6.04 Å². The number of aryl methyl sites for hydroxylation is 1. The van der Waals surface area contributed by atoms with Gasteiger partial charge in [-0.2, -0.15) is 0 Å². The van der Waals surface area contributed by atoms with E-state index in [9.17, 15) is 23.1 Å². The van der Waals surface area contributed by atoms with E-state index in [4.69, 9.17) is 0 Å². The van der Waals surface area contributed by atoms with Gasteiger partial charge in [0.05, 0.1) is 5.75 Å². The summed E-state index contributed by atoms with van der Waals surface area (Å²) in [5, 5.41) is 9.50. The van der Waals surface area contributed by atoms with Gasteiger partial charge in [-0.3, -0.25) is 4.79 Å². The Balaban J connectivity index is 1.61. The first-order valence-corrected chi connectivity index (χ1v) is 11.5. The molecule has 1 saturated heterocycles. The van der Waals surface area contributed by atoms with Gasteiger partial charge >= 0.3 is 5.97 Å². The van der Waals surface area contributed by atoms with Crippen LogP contribution in [0.3, 0.4) is 0 Å². The molecule has 148 valence electrons. The number of carbonyl (C=O) groups is 2. The maximum absolute atomic E-state index is 12.7. The van der Waals surface area contributed by atoms with Crippen molar-refractivity contribution in [2.24, 2.45) is 5.92 Å². The first-order chi connectivity index (χ1) is 12.9. The van der Waals surface area contributed by atoms with Crippen LogP contribution >= 0.6 is 0 Å². The first-order valence-electron chi connectivity index (χ1n) is 9.66. The standard InChI is InChI=1S/C20H27NO5S/c22-19(14-27(25,26)12-6-9-15-7-2-1-3-8-15)21-17-11-5-4-10-16(17)13-18(21)20(23)24/h1-3,7-8,16-18H,4-6,9-14H2,(H,23,24)/t16-,17-,18-/m0/s1. The Morgan fingerprint density at radius 2 is 1.81 bits per heavy atom. The van der Waals surface area contributed by atoms with Crippen LogP contribution < -0.4 is 0 Å². The molecule has 6 nitrogen and oxygen atoms in total. The van der Waals surface area contributed by atoms with Gasteiger partial charge in [-0.25, -0.2) is 13.2 Å². The smallest absolute Gasteiger partial charge is 0.326 e. The highest BCUT2D eigenvalue weighted by Gasteiger charge is 2.47. The van der Waals surface area contributed by atoms with Gasteiger partial charge in [-0.15, -0.1) is 0 Å². The van der Waals surface area contributed by atoms with Crippen LogP contribution in [-0.4, -0.2) is 53.9 Å². The number of benzene rings is 1. The minimum Gasteiger partial charge on any atom is -0.480 e. The molecule has 27 heavy (non-hydrogen) atoms. The van der Waals surface area contributed by atoms with Crippen molar-refractivity contribution < 1.29 is 23.1 Å². The SMILES string of the molecule is O=C(O)[C@@H]1C[C@@H]2CCCC[C@@H]2N1C(=O)CS(=O)(=O)CCCc1ccccc1. The van der Waals surface area contributed by atoms with Crippen LogP contribution in [0.4, 0.5) is 0 Å². The van der Waals surface area contributed by atoms with Gasteiger partial charge < -0.3 is 10.0 Å². The fourth-order valence-electron chi connectivity index (χ4n) is 4.51. The molecule has 2 fully saturated rings. The van der Waals surface area contributed by atoms with Crippen LogP contribution in [0.15, 0.2) is 30.3 Å². The third-order valence-electron chi connectivity index (χ3n) is 5.77. The van der Waals surface area contributed by atoms with Crippen LogP contribution in [-0.2, 0) is 25.8 Å². The zero-order chi connectivity index (χ0) is 19.4. The molecule has 1 aromatic carbocycles. The van der Waals surface area contributed by atoms with E-state index >= 15 is 0 Å². The number of hydrogen-bond donors (Lipinski definition) is 1. The molecule has 1 N–H and O–H groups in total. The van der Waals surface area contributed by atoms with E-state index in [2.05, 4.69) is 0 Å². The van der Waals surface area contributed by atoms with Crippen LogP contribution in [0.2, 0.25) is 0 Å². The van der Waals surface area contributed by atoms with E-state index in [0.717, 1.165) is 31.2 Å². The predicted octanol–water partition coefficient (Wildman–Crippen LogP) is 2.28. The number of amides is 1. The Bertz CT molecular complexity index is 777. The average molecular weight is 394 g/mol. The minimum absolute atomic E-state index is 0.0622. The molecule has 1 aliphatic heterocycles. The van der Waals surface area contributed by atoms with Crippen LogP contribution in [0.1, 0.15) is 44.1 Å². The maximum Gasteiger partial charge on any atom is 0.326 e. The molecule has 0 spiro atoms. The summed E-state index contributed by atoms with van der Waals surface area (Å²) in [6.45, 7) is 0. The van der Waals surface area contributed by atoms with Gasteiger partial charge in [0.15, 0.2) is 9.84 Å². The van der Waals surface area contributed by atoms with E-state index < -0.39 is 33.5 Å². The molecule has 1 heterocycles. The zero-order valence-electron chi connectivity index (χ0n) is 15.4. The Hall–Kier alpha value is -1.89. The van der Waals surface area contributed by atoms with Crippen LogP contribution in [0, 0.1) is 5.92 Å². The summed E-state index contributed by atoms with van der Waals surface area (Å²) in [7, 11) is -3.56. The van der Waals surface area contributed by atoms with Crippen LogP contribution in [0.25, 0.3) is 0 Å². The molecule has 1 aromatic rings. The Morgan fingerprint density at radius 1 is 1.11 bits per heavy atom. The summed E-state index contributed by atoms with van der Waals surface area (Å²) in [6.07, 6.45) is 5.24. The first kappa shape index (κ1) is 19.9. The lowest BCUT2D eigenvalue weighted by molar-refractivity contribution is -0.148. The molecule has 1 saturated carbocycles. The molecule has 1 amide bonds. The lowest BCUT2D eigenvalue weighted by atomic mass is 9.85.